The Kier molecular flexibility index (Phi) is 3.51. The summed E-state index contributed by atoms with van der Waals surface area (Å²) in [5, 5.41) is 9.83. The SMILES string of the molecule is Oc1ccccc1CN1CCC(c2ccccc2)C1. The largest absolute Gasteiger partial charge is 0.508 e. The average Bonchev–Trinajstić information content (AvgIpc) is 2.91. The molecule has 1 N–H and O–H groups in total. The van der Waals surface area contributed by atoms with E-state index in [-0.39, 0.29) is 0 Å². The predicted octanol–water partition coefficient (Wildman–Crippen LogP) is 3.38. The van der Waals surface area contributed by atoms with Crippen LogP contribution in [-0.4, -0.2) is 23.1 Å². The van der Waals surface area contributed by atoms with Crippen molar-refractivity contribution in [1.82, 2.24) is 4.90 Å². The highest BCUT2D eigenvalue weighted by molar-refractivity contribution is 5.32. The first-order valence-electron chi connectivity index (χ1n) is 6.87. The highest BCUT2D eigenvalue weighted by Crippen LogP contribution is 2.29. The number of hydrogen-bond donors (Lipinski definition) is 1. The minimum absolute atomic E-state index is 0.408. The summed E-state index contributed by atoms with van der Waals surface area (Å²) in [5.41, 5.74) is 2.46. The van der Waals surface area contributed by atoms with Crippen molar-refractivity contribution in [3.8, 4) is 5.75 Å². The number of phenols is 1. The Labute approximate surface area is 114 Å². The molecule has 0 aromatic heterocycles. The Morgan fingerprint density at radius 2 is 1.74 bits per heavy atom. The number of benzene rings is 2. The lowest BCUT2D eigenvalue weighted by Gasteiger charge is -2.17. The molecule has 1 atom stereocenters. The number of hydrogen-bond acceptors (Lipinski definition) is 2. The van der Waals surface area contributed by atoms with Crippen LogP contribution in [0.25, 0.3) is 0 Å². The van der Waals surface area contributed by atoms with Gasteiger partial charge in [-0.3, -0.25) is 4.90 Å². The summed E-state index contributed by atoms with van der Waals surface area (Å²) in [6, 6.07) is 18.4. The lowest BCUT2D eigenvalue weighted by molar-refractivity contribution is 0.320. The van der Waals surface area contributed by atoms with Crippen LogP contribution in [0.3, 0.4) is 0 Å². The van der Waals surface area contributed by atoms with Gasteiger partial charge in [0, 0.05) is 18.7 Å². The van der Waals surface area contributed by atoms with Crippen LogP contribution in [0.2, 0.25) is 0 Å². The van der Waals surface area contributed by atoms with Crippen molar-refractivity contribution in [2.45, 2.75) is 18.9 Å². The molecule has 3 rings (SSSR count). The second kappa shape index (κ2) is 5.45. The second-order valence-corrected chi connectivity index (χ2v) is 5.26. The fraction of sp³-hybridized carbons (Fsp3) is 0.294. The Bertz CT molecular complexity index is 538. The first-order valence-corrected chi connectivity index (χ1v) is 6.87. The molecule has 1 unspecified atom stereocenters. The van der Waals surface area contributed by atoms with Gasteiger partial charge in [0.1, 0.15) is 5.75 Å². The van der Waals surface area contributed by atoms with Crippen LogP contribution in [0, 0.1) is 0 Å². The predicted molar refractivity (Wildman–Crippen MR) is 77.2 cm³/mol. The first-order chi connectivity index (χ1) is 9.33. The fourth-order valence-electron chi connectivity index (χ4n) is 2.86. The zero-order valence-electron chi connectivity index (χ0n) is 11.0. The van der Waals surface area contributed by atoms with Gasteiger partial charge in [0.25, 0.3) is 0 Å². The van der Waals surface area contributed by atoms with Crippen LogP contribution in [0.15, 0.2) is 54.6 Å². The molecule has 2 nitrogen and oxygen atoms in total. The Balaban J connectivity index is 1.65. The molecule has 2 aromatic rings. The molecular formula is C17H19NO. The van der Waals surface area contributed by atoms with Crippen LogP contribution in [0.4, 0.5) is 0 Å². The van der Waals surface area contributed by atoms with Gasteiger partial charge in [-0.1, -0.05) is 48.5 Å². The maximum atomic E-state index is 9.83. The molecule has 2 heteroatoms. The molecule has 1 saturated heterocycles. The van der Waals surface area contributed by atoms with E-state index < -0.39 is 0 Å². The van der Waals surface area contributed by atoms with Crippen molar-refractivity contribution in [3.63, 3.8) is 0 Å². The quantitative estimate of drug-likeness (QED) is 0.906. The fourth-order valence-corrected chi connectivity index (χ4v) is 2.86. The lowest BCUT2D eigenvalue weighted by atomic mass is 9.99. The molecule has 98 valence electrons. The maximum absolute atomic E-state index is 9.83. The summed E-state index contributed by atoms with van der Waals surface area (Å²) >= 11 is 0. The average molecular weight is 253 g/mol. The van der Waals surface area contributed by atoms with E-state index in [2.05, 4.69) is 35.2 Å². The molecule has 0 bridgehead atoms. The van der Waals surface area contributed by atoms with E-state index in [0.29, 0.717) is 11.7 Å². The van der Waals surface area contributed by atoms with E-state index in [1.165, 1.54) is 12.0 Å². The van der Waals surface area contributed by atoms with Gasteiger partial charge in [0.15, 0.2) is 0 Å². The number of likely N-dealkylation sites (tertiary alicyclic amines) is 1. The zero-order chi connectivity index (χ0) is 13.1. The summed E-state index contributed by atoms with van der Waals surface area (Å²) in [7, 11) is 0. The molecule has 19 heavy (non-hydrogen) atoms. The zero-order valence-corrected chi connectivity index (χ0v) is 11.0. The third-order valence-corrected chi connectivity index (χ3v) is 3.93. The Morgan fingerprint density at radius 1 is 1.00 bits per heavy atom. The van der Waals surface area contributed by atoms with E-state index in [0.717, 1.165) is 25.2 Å². The van der Waals surface area contributed by atoms with Crippen LogP contribution in [-0.2, 0) is 6.54 Å². The smallest absolute Gasteiger partial charge is 0.120 e. The number of phenolic OH excluding ortho intramolecular Hbond substituents is 1. The Morgan fingerprint density at radius 3 is 2.53 bits per heavy atom. The van der Waals surface area contributed by atoms with E-state index in [1.807, 2.05) is 18.2 Å². The van der Waals surface area contributed by atoms with E-state index in [9.17, 15) is 5.11 Å². The number of rotatable bonds is 3. The van der Waals surface area contributed by atoms with Gasteiger partial charge in [-0.05, 0) is 30.5 Å². The molecule has 0 radical (unpaired) electrons. The van der Waals surface area contributed by atoms with E-state index in [4.69, 9.17) is 0 Å². The molecule has 0 spiro atoms. The molecule has 1 fully saturated rings. The number of aromatic hydroxyl groups is 1. The number of para-hydroxylation sites is 1. The molecule has 0 saturated carbocycles. The van der Waals surface area contributed by atoms with Crippen LogP contribution >= 0.6 is 0 Å². The van der Waals surface area contributed by atoms with Crippen molar-refractivity contribution in [1.29, 1.82) is 0 Å². The summed E-state index contributed by atoms with van der Waals surface area (Å²) in [6.45, 7) is 3.03. The highest BCUT2D eigenvalue weighted by Gasteiger charge is 2.23. The van der Waals surface area contributed by atoms with Gasteiger partial charge in [-0.2, -0.15) is 0 Å². The van der Waals surface area contributed by atoms with Gasteiger partial charge < -0.3 is 5.11 Å². The van der Waals surface area contributed by atoms with Gasteiger partial charge >= 0.3 is 0 Å². The summed E-state index contributed by atoms with van der Waals surface area (Å²) < 4.78 is 0. The normalized spacial score (nSPS) is 19.7. The van der Waals surface area contributed by atoms with Gasteiger partial charge in [-0.15, -0.1) is 0 Å². The molecule has 0 aliphatic carbocycles. The third kappa shape index (κ3) is 2.79. The van der Waals surface area contributed by atoms with Gasteiger partial charge in [0.2, 0.25) is 0 Å². The van der Waals surface area contributed by atoms with Crippen LogP contribution < -0.4 is 0 Å². The van der Waals surface area contributed by atoms with E-state index >= 15 is 0 Å². The standard InChI is InChI=1S/C17H19NO/c19-17-9-5-4-8-16(17)13-18-11-10-15(12-18)14-6-2-1-3-7-14/h1-9,15,19H,10-13H2. The minimum atomic E-state index is 0.408. The van der Waals surface area contributed by atoms with Crippen LogP contribution in [0.1, 0.15) is 23.5 Å². The summed E-state index contributed by atoms with van der Waals surface area (Å²) in [4.78, 5) is 2.42. The van der Waals surface area contributed by atoms with Crippen molar-refractivity contribution in [2.75, 3.05) is 13.1 Å². The van der Waals surface area contributed by atoms with E-state index in [1.54, 1.807) is 6.07 Å². The third-order valence-electron chi connectivity index (χ3n) is 3.93. The Hall–Kier alpha value is -1.80. The second-order valence-electron chi connectivity index (χ2n) is 5.26. The lowest BCUT2D eigenvalue weighted by Crippen LogP contribution is -2.19. The van der Waals surface area contributed by atoms with Crippen molar-refractivity contribution in [3.05, 3.63) is 65.7 Å². The number of nitrogens with zero attached hydrogens (tertiary/aromatic N) is 1. The topological polar surface area (TPSA) is 23.5 Å². The molecule has 2 aromatic carbocycles. The van der Waals surface area contributed by atoms with Gasteiger partial charge in [-0.25, -0.2) is 0 Å². The van der Waals surface area contributed by atoms with Crippen molar-refractivity contribution >= 4 is 0 Å². The molecule has 1 heterocycles. The van der Waals surface area contributed by atoms with Crippen molar-refractivity contribution < 1.29 is 5.11 Å². The molecular weight excluding hydrogens is 234 g/mol. The van der Waals surface area contributed by atoms with Gasteiger partial charge in [0.05, 0.1) is 0 Å². The minimum Gasteiger partial charge on any atom is -0.508 e. The molecule has 0 amide bonds. The summed E-state index contributed by atoms with van der Waals surface area (Å²) in [6.07, 6.45) is 1.21. The molecule has 1 aliphatic heterocycles. The highest BCUT2D eigenvalue weighted by atomic mass is 16.3. The summed E-state index contributed by atoms with van der Waals surface area (Å²) in [5.74, 6) is 1.04. The first kappa shape index (κ1) is 12.2. The van der Waals surface area contributed by atoms with Crippen molar-refractivity contribution in [2.24, 2.45) is 0 Å². The molecule has 1 aliphatic rings. The maximum Gasteiger partial charge on any atom is 0.120 e. The van der Waals surface area contributed by atoms with Crippen LogP contribution in [0.5, 0.6) is 5.75 Å². The monoisotopic (exact) mass is 253 g/mol.